The molecule has 4 heteroatoms. The first-order valence-electron chi connectivity index (χ1n) is 3.40. The number of carbonyl (C=O) groups excluding carboxylic acids is 1. The van der Waals surface area contributed by atoms with E-state index < -0.39 is 0 Å². The van der Waals surface area contributed by atoms with Crippen molar-refractivity contribution in [1.29, 1.82) is 0 Å². The zero-order valence-corrected chi connectivity index (χ0v) is 7.44. The summed E-state index contributed by atoms with van der Waals surface area (Å²) in [6.45, 7) is 2.08. The van der Waals surface area contributed by atoms with Crippen LogP contribution in [0.3, 0.4) is 0 Å². The van der Waals surface area contributed by atoms with E-state index in [-0.39, 0.29) is 5.91 Å². The first kappa shape index (κ1) is 8.75. The van der Waals surface area contributed by atoms with Crippen molar-refractivity contribution in [3.05, 3.63) is 16.6 Å². The number of amides is 1. The van der Waals surface area contributed by atoms with Crippen LogP contribution in [0.25, 0.3) is 0 Å². The predicted octanol–water partition coefficient (Wildman–Crippen LogP) is 0.783. The molecular formula is C8H8N2OS. The van der Waals surface area contributed by atoms with Crippen LogP contribution in [0, 0.1) is 11.8 Å². The zero-order valence-electron chi connectivity index (χ0n) is 6.63. The molecule has 0 unspecified atom stereocenters. The van der Waals surface area contributed by atoms with Crippen molar-refractivity contribution in [3.63, 3.8) is 0 Å². The van der Waals surface area contributed by atoms with Crippen molar-refractivity contribution in [1.82, 2.24) is 10.3 Å². The van der Waals surface area contributed by atoms with Crippen LogP contribution < -0.4 is 5.32 Å². The van der Waals surface area contributed by atoms with Crippen LogP contribution in [0.5, 0.6) is 0 Å². The molecule has 0 radical (unpaired) electrons. The van der Waals surface area contributed by atoms with Crippen molar-refractivity contribution in [2.45, 2.75) is 13.5 Å². The van der Waals surface area contributed by atoms with Gasteiger partial charge in [-0.25, -0.2) is 4.98 Å². The van der Waals surface area contributed by atoms with Crippen LogP contribution in [0.15, 0.2) is 10.9 Å². The maximum Gasteiger partial charge on any atom is 0.296 e. The highest BCUT2D eigenvalue weighted by Gasteiger charge is 1.96. The smallest absolute Gasteiger partial charge is 0.296 e. The standard InChI is InChI=1S/C8H8N2OS/c1-2-3-8(11)9-4-7-5-12-6-10-7/h5-6H,4H2,1H3,(H,9,11). The first-order valence-corrected chi connectivity index (χ1v) is 4.35. The third-order valence-electron chi connectivity index (χ3n) is 1.15. The van der Waals surface area contributed by atoms with Crippen molar-refractivity contribution >= 4 is 17.2 Å². The summed E-state index contributed by atoms with van der Waals surface area (Å²) >= 11 is 1.51. The number of nitrogens with one attached hydrogen (secondary N) is 1. The molecule has 1 aromatic heterocycles. The summed E-state index contributed by atoms with van der Waals surface area (Å²) in [5.41, 5.74) is 2.60. The predicted molar refractivity (Wildman–Crippen MR) is 47.4 cm³/mol. The van der Waals surface area contributed by atoms with Gasteiger partial charge >= 0.3 is 0 Å². The average molecular weight is 180 g/mol. The molecule has 1 heterocycles. The van der Waals surface area contributed by atoms with Crippen molar-refractivity contribution in [3.8, 4) is 11.8 Å². The van der Waals surface area contributed by atoms with Crippen LogP contribution in [0.2, 0.25) is 0 Å². The molecular weight excluding hydrogens is 172 g/mol. The molecule has 0 saturated heterocycles. The Hall–Kier alpha value is -1.34. The number of hydrogen-bond donors (Lipinski definition) is 1. The number of aromatic nitrogens is 1. The number of hydrogen-bond acceptors (Lipinski definition) is 3. The summed E-state index contributed by atoms with van der Waals surface area (Å²) in [5.74, 6) is 4.64. The molecule has 0 bridgehead atoms. The minimum Gasteiger partial charge on any atom is -0.340 e. The highest BCUT2D eigenvalue weighted by molar-refractivity contribution is 7.07. The first-order chi connectivity index (χ1) is 5.83. The van der Waals surface area contributed by atoms with Crippen molar-refractivity contribution < 1.29 is 4.79 Å². The summed E-state index contributed by atoms with van der Waals surface area (Å²) in [6, 6.07) is 0. The largest absolute Gasteiger partial charge is 0.340 e. The molecule has 0 atom stereocenters. The Labute approximate surface area is 74.8 Å². The molecule has 1 amide bonds. The van der Waals surface area contributed by atoms with E-state index in [1.54, 1.807) is 12.4 Å². The van der Waals surface area contributed by atoms with E-state index >= 15 is 0 Å². The van der Waals surface area contributed by atoms with E-state index in [4.69, 9.17) is 0 Å². The summed E-state index contributed by atoms with van der Waals surface area (Å²) < 4.78 is 0. The molecule has 0 aliphatic carbocycles. The Morgan fingerprint density at radius 2 is 2.67 bits per heavy atom. The third-order valence-corrected chi connectivity index (χ3v) is 1.79. The second-order valence-corrected chi connectivity index (χ2v) is 2.76. The lowest BCUT2D eigenvalue weighted by molar-refractivity contribution is -0.115. The van der Waals surface area contributed by atoms with Gasteiger partial charge in [-0.1, -0.05) is 5.92 Å². The van der Waals surface area contributed by atoms with Gasteiger partial charge in [0.15, 0.2) is 0 Å². The summed E-state index contributed by atoms with van der Waals surface area (Å²) in [4.78, 5) is 14.8. The normalized spacial score (nSPS) is 8.42. The maximum atomic E-state index is 10.8. The van der Waals surface area contributed by atoms with Crippen LogP contribution in [0.1, 0.15) is 12.6 Å². The van der Waals surface area contributed by atoms with Crippen molar-refractivity contribution in [2.24, 2.45) is 0 Å². The monoisotopic (exact) mass is 180 g/mol. The number of rotatable bonds is 2. The molecule has 0 saturated carbocycles. The van der Waals surface area contributed by atoms with Crippen LogP contribution in [0.4, 0.5) is 0 Å². The van der Waals surface area contributed by atoms with Gasteiger partial charge < -0.3 is 5.32 Å². The summed E-state index contributed by atoms with van der Waals surface area (Å²) in [5, 5.41) is 4.51. The molecule has 0 fully saturated rings. The van der Waals surface area contributed by atoms with Gasteiger partial charge in [0, 0.05) is 5.38 Å². The van der Waals surface area contributed by atoms with Crippen LogP contribution >= 0.6 is 11.3 Å². The van der Waals surface area contributed by atoms with Gasteiger partial charge in [-0.05, 0) is 12.8 Å². The van der Waals surface area contributed by atoms with Gasteiger partial charge in [-0.15, -0.1) is 11.3 Å². The second kappa shape index (κ2) is 4.52. The highest BCUT2D eigenvalue weighted by Crippen LogP contribution is 1.99. The van der Waals surface area contributed by atoms with Gasteiger partial charge in [-0.3, -0.25) is 4.79 Å². The summed E-state index contributed by atoms with van der Waals surface area (Å²) in [7, 11) is 0. The fraction of sp³-hybridized carbons (Fsp3) is 0.250. The maximum absolute atomic E-state index is 10.8. The van der Waals surface area contributed by atoms with E-state index in [0.29, 0.717) is 6.54 Å². The van der Waals surface area contributed by atoms with Crippen molar-refractivity contribution in [2.75, 3.05) is 0 Å². The Morgan fingerprint density at radius 1 is 1.83 bits per heavy atom. The van der Waals surface area contributed by atoms with Crippen LogP contribution in [-0.2, 0) is 11.3 Å². The number of carbonyl (C=O) groups is 1. The molecule has 0 aromatic carbocycles. The average Bonchev–Trinajstić information content (AvgIpc) is 2.53. The molecule has 62 valence electrons. The number of nitrogens with zero attached hydrogens (tertiary/aromatic N) is 1. The molecule has 1 rings (SSSR count). The quantitative estimate of drug-likeness (QED) is 0.683. The highest BCUT2D eigenvalue weighted by atomic mass is 32.1. The molecule has 3 nitrogen and oxygen atoms in total. The van der Waals surface area contributed by atoms with E-state index in [2.05, 4.69) is 22.1 Å². The Balaban J connectivity index is 2.35. The fourth-order valence-electron chi connectivity index (χ4n) is 0.653. The van der Waals surface area contributed by atoms with E-state index in [1.807, 2.05) is 5.38 Å². The second-order valence-electron chi connectivity index (χ2n) is 2.04. The van der Waals surface area contributed by atoms with E-state index in [1.165, 1.54) is 11.3 Å². The van der Waals surface area contributed by atoms with E-state index in [9.17, 15) is 4.79 Å². The summed E-state index contributed by atoms with van der Waals surface area (Å²) in [6.07, 6.45) is 0. The lowest BCUT2D eigenvalue weighted by Crippen LogP contribution is -2.20. The lowest BCUT2D eigenvalue weighted by Gasteiger charge is -1.94. The van der Waals surface area contributed by atoms with E-state index in [0.717, 1.165) is 5.69 Å². The number of thiazole rings is 1. The van der Waals surface area contributed by atoms with Gasteiger partial charge in [0.2, 0.25) is 0 Å². The minimum atomic E-state index is -0.259. The third kappa shape index (κ3) is 2.72. The van der Waals surface area contributed by atoms with Gasteiger partial charge in [-0.2, -0.15) is 0 Å². The molecule has 0 spiro atoms. The SMILES string of the molecule is CC#CC(=O)NCc1cscn1. The molecule has 12 heavy (non-hydrogen) atoms. The van der Waals surface area contributed by atoms with Gasteiger partial charge in [0.25, 0.3) is 5.91 Å². The Bertz CT molecular complexity index is 308. The molecule has 0 aliphatic rings. The lowest BCUT2D eigenvalue weighted by atomic mass is 10.4. The molecule has 1 aromatic rings. The molecule has 0 aliphatic heterocycles. The van der Waals surface area contributed by atoms with Gasteiger partial charge in [0.05, 0.1) is 17.7 Å². The van der Waals surface area contributed by atoms with Crippen LogP contribution in [-0.4, -0.2) is 10.9 Å². The topological polar surface area (TPSA) is 42.0 Å². The Kier molecular flexibility index (Phi) is 3.30. The fourth-order valence-corrected chi connectivity index (χ4v) is 1.21. The van der Waals surface area contributed by atoms with Gasteiger partial charge in [0.1, 0.15) is 0 Å². The minimum absolute atomic E-state index is 0.259. The molecule has 1 N–H and O–H groups in total. The zero-order chi connectivity index (χ0) is 8.81. The Morgan fingerprint density at radius 3 is 3.25 bits per heavy atom.